The number of ether oxygens (including phenoxy) is 1. The van der Waals surface area contributed by atoms with E-state index in [-0.39, 0.29) is 11.6 Å². The first-order valence-electron chi connectivity index (χ1n) is 8.52. The molecule has 1 aromatic carbocycles. The second-order valence-corrected chi connectivity index (χ2v) is 6.65. The number of aryl methyl sites for hydroxylation is 1. The molecule has 0 fully saturated rings. The van der Waals surface area contributed by atoms with Gasteiger partial charge in [-0.1, -0.05) is 26.0 Å². The summed E-state index contributed by atoms with van der Waals surface area (Å²) >= 11 is 0. The largest absolute Gasteiger partial charge is 0.505 e. The molecule has 0 aliphatic heterocycles. The van der Waals surface area contributed by atoms with Crippen LogP contribution in [0.25, 0.3) is 5.69 Å². The Morgan fingerprint density at radius 2 is 2.00 bits per heavy atom. The zero-order valence-electron chi connectivity index (χ0n) is 15.7. The van der Waals surface area contributed by atoms with Crippen LogP contribution in [0.2, 0.25) is 0 Å². The van der Waals surface area contributed by atoms with Crippen LogP contribution in [0, 0.1) is 12.8 Å². The number of amides is 1. The predicted octanol–water partition coefficient (Wildman–Crippen LogP) is 1.56. The fourth-order valence-corrected chi connectivity index (χ4v) is 2.61. The highest BCUT2D eigenvalue weighted by Gasteiger charge is 2.26. The van der Waals surface area contributed by atoms with Crippen molar-refractivity contribution in [2.75, 3.05) is 7.11 Å². The Kier molecular flexibility index (Phi) is 6.33. The minimum absolute atomic E-state index is 0.122. The summed E-state index contributed by atoms with van der Waals surface area (Å²) in [5.41, 5.74) is 0.429. The van der Waals surface area contributed by atoms with Crippen molar-refractivity contribution < 1.29 is 19.4 Å². The second-order valence-electron chi connectivity index (χ2n) is 6.65. The fraction of sp³-hybridized carbons (Fsp3) is 0.368. The lowest BCUT2D eigenvalue weighted by atomic mass is 10.0. The van der Waals surface area contributed by atoms with Crippen molar-refractivity contribution in [3.63, 3.8) is 0 Å². The van der Waals surface area contributed by atoms with E-state index in [4.69, 9.17) is 4.74 Å². The van der Waals surface area contributed by atoms with Gasteiger partial charge in [0.1, 0.15) is 6.04 Å². The zero-order chi connectivity index (χ0) is 20.1. The van der Waals surface area contributed by atoms with Gasteiger partial charge in [0.05, 0.1) is 12.8 Å². The quantitative estimate of drug-likeness (QED) is 0.744. The minimum Gasteiger partial charge on any atom is -0.505 e. The molecule has 1 unspecified atom stereocenters. The first kappa shape index (κ1) is 20.2. The molecule has 0 spiro atoms. The molecular formula is C19H23N3O5. The Hall–Kier alpha value is -3.16. The number of carbonyl (C=O) groups excluding carboxylic acids is 2. The number of rotatable bonds is 6. The summed E-state index contributed by atoms with van der Waals surface area (Å²) in [6.07, 6.45) is 0.358. The molecule has 27 heavy (non-hydrogen) atoms. The van der Waals surface area contributed by atoms with Gasteiger partial charge >= 0.3 is 5.97 Å². The molecule has 8 heteroatoms. The Morgan fingerprint density at radius 3 is 2.59 bits per heavy atom. The third-order valence-corrected chi connectivity index (χ3v) is 3.87. The highest BCUT2D eigenvalue weighted by atomic mass is 16.5. The van der Waals surface area contributed by atoms with Crippen LogP contribution in [-0.2, 0) is 9.53 Å². The van der Waals surface area contributed by atoms with Crippen LogP contribution in [0.3, 0.4) is 0 Å². The molecule has 0 aliphatic carbocycles. The highest BCUT2D eigenvalue weighted by Crippen LogP contribution is 2.15. The second kappa shape index (κ2) is 8.48. The maximum atomic E-state index is 12.6. The maximum absolute atomic E-state index is 12.6. The molecule has 1 atom stereocenters. The number of aromatic nitrogens is 2. The number of carbonyl (C=O) groups is 2. The molecule has 1 heterocycles. The van der Waals surface area contributed by atoms with E-state index >= 15 is 0 Å². The number of aromatic hydroxyl groups is 1. The minimum atomic E-state index is -0.886. The van der Waals surface area contributed by atoms with Crippen LogP contribution >= 0.6 is 0 Å². The van der Waals surface area contributed by atoms with Gasteiger partial charge in [-0.3, -0.25) is 9.59 Å². The molecule has 8 nitrogen and oxygen atoms in total. The molecule has 0 radical (unpaired) electrons. The molecule has 2 N–H and O–H groups in total. The smallest absolute Gasteiger partial charge is 0.328 e. The van der Waals surface area contributed by atoms with Gasteiger partial charge in [0.2, 0.25) is 0 Å². The van der Waals surface area contributed by atoms with Gasteiger partial charge < -0.3 is 15.2 Å². The molecule has 2 aromatic rings. The van der Waals surface area contributed by atoms with Crippen LogP contribution in [-0.4, -0.2) is 39.9 Å². The normalized spacial score (nSPS) is 11.9. The van der Waals surface area contributed by atoms with Crippen LogP contribution in [0.1, 0.15) is 36.3 Å². The van der Waals surface area contributed by atoms with Crippen LogP contribution in [0.15, 0.2) is 35.1 Å². The van der Waals surface area contributed by atoms with E-state index < -0.39 is 29.2 Å². The molecule has 0 saturated carbocycles. The Balaban J connectivity index is 2.39. The van der Waals surface area contributed by atoms with Gasteiger partial charge in [-0.25, -0.2) is 4.79 Å². The van der Waals surface area contributed by atoms with Gasteiger partial charge in [0.25, 0.3) is 11.5 Å². The molecule has 2 rings (SSSR count). The SMILES string of the molecule is COC(=O)C(CC(C)C)NC(=O)c1nn(-c2cccc(C)c2)c(=O)cc1O. The number of nitrogens with one attached hydrogen (secondary N) is 1. The van der Waals surface area contributed by atoms with Crippen LogP contribution < -0.4 is 10.9 Å². The third kappa shape index (κ3) is 4.93. The summed E-state index contributed by atoms with van der Waals surface area (Å²) in [6, 6.07) is 7.03. The van der Waals surface area contributed by atoms with Gasteiger partial charge in [-0.2, -0.15) is 9.78 Å². The number of esters is 1. The van der Waals surface area contributed by atoms with Crippen molar-refractivity contribution in [2.24, 2.45) is 5.92 Å². The van der Waals surface area contributed by atoms with Crippen LogP contribution in [0.4, 0.5) is 0 Å². The summed E-state index contributed by atoms with van der Waals surface area (Å²) in [7, 11) is 1.23. The molecular weight excluding hydrogens is 350 g/mol. The van der Waals surface area contributed by atoms with E-state index in [2.05, 4.69) is 10.4 Å². The number of benzene rings is 1. The number of hydrogen-bond donors (Lipinski definition) is 2. The van der Waals surface area contributed by atoms with Gasteiger partial charge in [-0.15, -0.1) is 0 Å². The number of methoxy groups -OCH3 is 1. The molecule has 0 saturated heterocycles. The molecule has 1 aromatic heterocycles. The van der Waals surface area contributed by atoms with Crippen molar-refractivity contribution in [3.05, 3.63) is 51.9 Å². The standard InChI is InChI=1S/C19H23N3O5/c1-11(2)8-14(19(26)27-4)20-18(25)17-15(23)10-16(24)22(21-17)13-7-5-6-12(3)9-13/h5-7,9-11,14,23H,8H2,1-4H3,(H,20,25). The van der Waals surface area contributed by atoms with E-state index in [1.807, 2.05) is 26.8 Å². The Bertz CT molecular complexity index is 904. The fourth-order valence-electron chi connectivity index (χ4n) is 2.61. The van der Waals surface area contributed by atoms with E-state index in [0.29, 0.717) is 12.1 Å². The zero-order valence-corrected chi connectivity index (χ0v) is 15.7. The summed E-state index contributed by atoms with van der Waals surface area (Å²) in [5, 5.41) is 16.5. The van der Waals surface area contributed by atoms with E-state index in [9.17, 15) is 19.5 Å². The topological polar surface area (TPSA) is 111 Å². The van der Waals surface area contributed by atoms with E-state index in [0.717, 1.165) is 16.3 Å². The average Bonchev–Trinajstić information content (AvgIpc) is 2.60. The van der Waals surface area contributed by atoms with E-state index in [1.165, 1.54) is 7.11 Å². The van der Waals surface area contributed by atoms with Crippen molar-refractivity contribution in [1.82, 2.24) is 15.1 Å². The maximum Gasteiger partial charge on any atom is 0.328 e. The molecule has 1 amide bonds. The predicted molar refractivity (Wildman–Crippen MR) is 99.0 cm³/mol. The lowest BCUT2D eigenvalue weighted by Gasteiger charge is -2.18. The Labute approximate surface area is 156 Å². The lowest BCUT2D eigenvalue weighted by Crippen LogP contribution is -2.43. The Morgan fingerprint density at radius 1 is 1.30 bits per heavy atom. The number of hydrogen-bond acceptors (Lipinski definition) is 6. The van der Waals surface area contributed by atoms with Crippen molar-refractivity contribution in [2.45, 2.75) is 33.2 Å². The average molecular weight is 373 g/mol. The van der Waals surface area contributed by atoms with Gasteiger partial charge in [-0.05, 0) is 37.0 Å². The van der Waals surface area contributed by atoms with Crippen molar-refractivity contribution in [3.8, 4) is 11.4 Å². The summed E-state index contributed by atoms with van der Waals surface area (Å²) < 4.78 is 5.74. The first-order valence-corrected chi connectivity index (χ1v) is 8.52. The monoisotopic (exact) mass is 373 g/mol. The summed E-state index contributed by atoms with van der Waals surface area (Å²) in [6.45, 7) is 5.65. The number of nitrogens with zero attached hydrogens (tertiary/aromatic N) is 2. The third-order valence-electron chi connectivity index (χ3n) is 3.87. The van der Waals surface area contributed by atoms with Crippen LogP contribution in [0.5, 0.6) is 5.75 Å². The van der Waals surface area contributed by atoms with Gasteiger partial charge in [0, 0.05) is 6.07 Å². The highest BCUT2D eigenvalue weighted by molar-refractivity contribution is 5.97. The van der Waals surface area contributed by atoms with Gasteiger partial charge in [0.15, 0.2) is 11.4 Å². The van der Waals surface area contributed by atoms with E-state index in [1.54, 1.807) is 18.2 Å². The van der Waals surface area contributed by atoms with Crippen molar-refractivity contribution >= 4 is 11.9 Å². The molecule has 0 aliphatic rings. The first-order chi connectivity index (χ1) is 12.7. The summed E-state index contributed by atoms with van der Waals surface area (Å²) in [4.78, 5) is 36.7. The lowest BCUT2D eigenvalue weighted by molar-refractivity contribution is -0.143. The molecule has 0 bridgehead atoms. The summed E-state index contributed by atoms with van der Waals surface area (Å²) in [5.74, 6) is -1.81. The molecule has 144 valence electrons. The van der Waals surface area contributed by atoms with Crippen molar-refractivity contribution in [1.29, 1.82) is 0 Å².